The van der Waals surface area contributed by atoms with Gasteiger partial charge in [0.05, 0.1) is 12.3 Å². The summed E-state index contributed by atoms with van der Waals surface area (Å²) >= 11 is 0. The minimum absolute atomic E-state index is 0.0896. The zero-order valence-electron chi connectivity index (χ0n) is 14.5. The van der Waals surface area contributed by atoms with E-state index in [1.165, 1.54) is 0 Å². The van der Waals surface area contributed by atoms with E-state index >= 15 is 0 Å². The molecule has 0 amide bonds. The second kappa shape index (κ2) is 8.74. The number of ether oxygens (including phenoxy) is 2. The van der Waals surface area contributed by atoms with Crippen LogP contribution in [0.4, 0.5) is 0 Å². The van der Waals surface area contributed by atoms with Gasteiger partial charge in [-0.25, -0.2) is 0 Å². The Kier molecular flexibility index (Phi) is 6.14. The summed E-state index contributed by atoms with van der Waals surface area (Å²) < 4.78 is 11.5. The molecule has 0 spiro atoms. The minimum Gasteiger partial charge on any atom is -0.411 e. The van der Waals surface area contributed by atoms with Crippen LogP contribution in [0, 0.1) is 0 Å². The van der Waals surface area contributed by atoms with E-state index in [1.54, 1.807) is 19.3 Å². The van der Waals surface area contributed by atoms with E-state index in [2.05, 4.69) is 16.2 Å². The van der Waals surface area contributed by atoms with E-state index in [-0.39, 0.29) is 6.29 Å². The number of oxime groups is 1. The topological polar surface area (TPSA) is 63.9 Å². The molecule has 5 nitrogen and oxygen atoms in total. The fraction of sp³-hybridized carbons (Fsp3) is 0.400. The number of pyridine rings is 1. The van der Waals surface area contributed by atoms with Gasteiger partial charge in [-0.3, -0.25) is 4.98 Å². The van der Waals surface area contributed by atoms with Crippen LogP contribution in [0.15, 0.2) is 47.9 Å². The first kappa shape index (κ1) is 17.6. The number of hydrogen-bond donors (Lipinski definition) is 1. The van der Waals surface area contributed by atoms with Gasteiger partial charge in [0.25, 0.3) is 0 Å². The van der Waals surface area contributed by atoms with Gasteiger partial charge in [-0.05, 0) is 61.4 Å². The van der Waals surface area contributed by atoms with Gasteiger partial charge in [0.1, 0.15) is 0 Å². The highest BCUT2D eigenvalue weighted by molar-refractivity contribution is 6.00. The van der Waals surface area contributed by atoms with Crippen molar-refractivity contribution in [2.45, 2.75) is 38.9 Å². The Balaban J connectivity index is 1.76. The van der Waals surface area contributed by atoms with Crippen LogP contribution < -0.4 is 0 Å². The second-order valence-corrected chi connectivity index (χ2v) is 6.21. The van der Waals surface area contributed by atoms with Crippen molar-refractivity contribution in [2.24, 2.45) is 5.16 Å². The minimum atomic E-state index is -0.0896. The average molecular weight is 340 g/mol. The lowest BCUT2D eigenvalue weighted by atomic mass is 9.96. The molecule has 2 heterocycles. The average Bonchev–Trinajstić information content (AvgIpc) is 2.69. The number of benzene rings is 1. The molecule has 3 rings (SSSR count). The summed E-state index contributed by atoms with van der Waals surface area (Å²) in [6.07, 6.45) is 7.45. The maximum absolute atomic E-state index is 9.16. The predicted octanol–water partition coefficient (Wildman–Crippen LogP) is 4.03. The zero-order chi connectivity index (χ0) is 17.5. The van der Waals surface area contributed by atoms with Crippen LogP contribution in [0.1, 0.15) is 37.3 Å². The number of aromatic nitrogens is 1. The number of nitrogens with zero attached hydrogens (tertiary/aromatic N) is 2. The molecule has 1 unspecified atom stereocenters. The Hall–Kier alpha value is -2.24. The molecule has 2 aromatic rings. The molecule has 1 aliphatic rings. The summed E-state index contributed by atoms with van der Waals surface area (Å²) in [7, 11) is 0. The largest absolute Gasteiger partial charge is 0.411 e. The highest BCUT2D eigenvalue weighted by Gasteiger charge is 2.15. The van der Waals surface area contributed by atoms with Crippen molar-refractivity contribution < 1.29 is 14.7 Å². The highest BCUT2D eigenvalue weighted by Crippen LogP contribution is 2.23. The molecular weight excluding hydrogens is 316 g/mol. The van der Waals surface area contributed by atoms with Crippen molar-refractivity contribution in [1.29, 1.82) is 0 Å². The molecule has 1 atom stereocenters. The smallest absolute Gasteiger partial charge is 0.157 e. The fourth-order valence-corrected chi connectivity index (χ4v) is 3.07. The van der Waals surface area contributed by atoms with Crippen LogP contribution in [0.3, 0.4) is 0 Å². The lowest BCUT2D eigenvalue weighted by Gasteiger charge is -2.23. The van der Waals surface area contributed by atoms with Crippen LogP contribution in [0.5, 0.6) is 0 Å². The summed E-state index contributed by atoms with van der Waals surface area (Å²) in [4.78, 5) is 4.07. The van der Waals surface area contributed by atoms with E-state index in [1.807, 2.05) is 24.3 Å². The Morgan fingerprint density at radius 3 is 2.80 bits per heavy atom. The number of rotatable bonds is 6. The predicted molar refractivity (Wildman–Crippen MR) is 96.9 cm³/mol. The molecule has 1 aromatic heterocycles. The fourth-order valence-electron chi connectivity index (χ4n) is 3.07. The third-order valence-corrected chi connectivity index (χ3v) is 4.47. The summed E-state index contributed by atoms with van der Waals surface area (Å²) in [5, 5.41) is 12.5. The Bertz CT molecular complexity index is 710. The third kappa shape index (κ3) is 4.65. The molecule has 0 saturated carbocycles. The molecule has 25 heavy (non-hydrogen) atoms. The van der Waals surface area contributed by atoms with Crippen molar-refractivity contribution in [2.75, 3.05) is 13.2 Å². The van der Waals surface area contributed by atoms with Crippen molar-refractivity contribution in [3.63, 3.8) is 0 Å². The first-order valence-electron chi connectivity index (χ1n) is 8.73. The van der Waals surface area contributed by atoms with E-state index in [0.717, 1.165) is 54.5 Å². The third-order valence-electron chi connectivity index (χ3n) is 4.47. The van der Waals surface area contributed by atoms with Crippen LogP contribution >= 0.6 is 0 Å². The Labute approximate surface area is 148 Å². The molecule has 132 valence electrons. The molecule has 1 N–H and O–H groups in total. The summed E-state index contributed by atoms with van der Waals surface area (Å²) in [5.41, 5.74) is 4.86. The molecule has 1 aliphatic heterocycles. The van der Waals surface area contributed by atoms with Crippen molar-refractivity contribution in [3.05, 3.63) is 53.9 Å². The molecule has 1 saturated heterocycles. The lowest BCUT2D eigenvalue weighted by molar-refractivity contribution is -0.161. The highest BCUT2D eigenvalue weighted by atomic mass is 16.7. The molecule has 0 bridgehead atoms. The van der Waals surface area contributed by atoms with Gasteiger partial charge in [-0.2, -0.15) is 0 Å². The van der Waals surface area contributed by atoms with Crippen molar-refractivity contribution in [3.8, 4) is 11.1 Å². The molecule has 5 heteroatoms. The normalized spacial score (nSPS) is 18.3. The van der Waals surface area contributed by atoms with Crippen LogP contribution in [0.2, 0.25) is 0 Å². The van der Waals surface area contributed by atoms with Gasteiger partial charge in [0, 0.05) is 24.6 Å². The summed E-state index contributed by atoms with van der Waals surface area (Å²) in [5.74, 6) is 0. The first-order valence-corrected chi connectivity index (χ1v) is 8.73. The van der Waals surface area contributed by atoms with Gasteiger partial charge >= 0.3 is 0 Å². The van der Waals surface area contributed by atoms with E-state index in [0.29, 0.717) is 12.3 Å². The van der Waals surface area contributed by atoms with Gasteiger partial charge in [-0.1, -0.05) is 23.4 Å². The van der Waals surface area contributed by atoms with E-state index < -0.39 is 0 Å². The molecule has 1 aromatic carbocycles. The Morgan fingerprint density at radius 2 is 2.08 bits per heavy atom. The maximum Gasteiger partial charge on any atom is 0.157 e. The maximum atomic E-state index is 9.16. The summed E-state index contributed by atoms with van der Waals surface area (Å²) in [6, 6.07) is 10.1. The van der Waals surface area contributed by atoms with Crippen LogP contribution in [-0.2, 0) is 15.9 Å². The standard InChI is InChI=1S/C20H24N2O3/c1-15(22-23)19-6-5-17(16-7-10-21-11-8-16)14-18(19)9-13-25-20-4-2-3-12-24-20/h5-8,10-11,14,20,23H,2-4,9,12-13H2,1H3. The zero-order valence-corrected chi connectivity index (χ0v) is 14.5. The molecule has 0 radical (unpaired) electrons. The van der Waals surface area contributed by atoms with Crippen molar-refractivity contribution >= 4 is 5.71 Å². The van der Waals surface area contributed by atoms with Gasteiger partial charge in [-0.15, -0.1) is 0 Å². The monoisotopic (exact) mass is 340 g/mol. The second-order valence-electron chi connectivity index (χ2n) is 6.21. The SMILES string of the molecule is CC(=NO)c1ccc(-c2ccncc2)cc1CCOC1CCCCO1. The molecule has 0 aliphatic carbocycles. The summed E-state index contributed by atoms with van der Waals surface area (Å²) in [6.45, 7) is 3.16. The van der Waals surface area contributed by atoms with E-state index in [4.69, 9.17) is 14.7 Å². The van der Waals surface area contributed by atoms with Crippen LogP contribution in [0.25, 0.3) is 11.1 Å². The van der Waals surface area contributed by atoms with Gasteiger partial charge in [0.2, 0.25) is 0 Å². The quantitative estimate of drug-likeness (QED) is 0.490. The van der Waals surface area contributed by atoms with Gasteiger partial charge < -0.3 is 14.7 Å². The first-order chi connectivity index (χ1) is 12.3. The molecular formula is C20H24N2O3. The lowest BCUT2D eigenvalue weighted by Crippen LogP contribution is -2.23. The van der Waals surface area contributed by atoms with Crippen molar-refractivity contribution in [1.82, 2.24) is 4.98 Å². The Morgan fingerprint density at radius 1 is 1.24 bits per heavy atom. The number of hydrogen-bond acceptors (Lipinski definition) is 5. The van der Waals surface area contributed by atoms with E-state index in [9.17, 15) is 0 Å². The van der Waals surface area contributed by atoms with Crippen LogP contribution in [-0.4, -0.2) is 35.4 Å². The van der Waals surface area contributed by atoms with Gasteiger partial charge in [0.15, 0.2) is 6.29 Å². The molecule has 1 fully saturated rings.